The number of nitrogens with one attached hydrogen (secondary N) is 1. The van der Waals surface area contributed by atoms with E-state index in [1.54, 1.807) is 0 Å². The van der Waals surface area contributed by atoms with Gasteiger partial charge >= 0.3 is 0 Å². The summed E-state index contributed by atoms with van der Waals surface area (Å²) < 4.78 is 14.9. The Labute approximate surface area is 135 Å². The van der Waals surface area contributed by atoms with E-state index in [0.717, 1.165) is 23.0 Å². The standard InChI is InChI=1S/C16H16Br2FN/c1-2-20-16(12-4-3-5-13(17)10-12)9-11-6-7-15(19)14(18)8-11/h3-8,10,16,20H,2,9H2,1H3. The maximum Gasteiger partial charge on any atom is 0.137 e. The van der Waals surface area contributed by atoms with Crippen LogP contribution in [0.1, 0.15) is 24.1 Å². The van der Waals surface area contributed by atoms with E-state index in [0.29, 0.717) is 4.47 Å². The Morgan fingerprint density at radius 2 is 1.95 bits per heavy atom. The molecule has 2 aromatic rings. The lowest BCUT2D eigenvalue weighted by Crippen LogP contribution is -2.23. The van der Waals surface area contributed by atoms with E-state index in [2.05, 4.69) is 56.2 Å². The number of hydrogen-bond acceptors (Lipinski definition) is 1. The number of halogens is 3. The predicted octanol–water partition coefficient (Wildman–Crippen LogP) is 5.24. The van der Waals surface area contributed by atoms with Gasteiger partial charge in [-0.15, -0.1) is 0 Å². The van der Waals surface area contributed by atoms with Gasteiger partial charge in [-0.05, 0) is 64.3 Å². The van der Waals surface area contributed by atoms with Gasteiger partial charge < -0.3 is 5.32 Å². The molecule has 0 fully saturated rings. The Balaban J connectivity index is 2.22. The van der Waals surface area contributed by atoms with Crippen LogP contribution < -0.4 is 5.32 Å². The van der Waals surface area contributed by atoms with Crippen molar-refractivity contribution in [1.29, 1.82) is 0 Å². The fourth-order valence-corrected chi connectivity index (χ4v) is 3.02. The van der Waals surface area contributed by atoms with E-state index >= 15 is 0 Å². The lowest BCUT2D eigenvalue weighted by Gasteiger charge is -2.19. The molecule has 0 radical (unpaired) electrons. The molecular formula is C16H16Br2FN. The fraction of sp³-hybridized carbons (Fsp3) is 0.250. The largest absolute Gasteiger partial charge is 0.310 e. The third-order valence-electron chi connectivity index (χ3n) is 3.13. The summed E-state index contributed by atoms with van der Waals surface area (Å²) in [5.74, 6) is -0.226. The lowest BCUT2D eigenvalue weighted by atomic mass is 9.99. The summed E-state index contributed by atoms with van der Waals surface area (Å²) >= 11 is 6.74. The minimum Gasteiger partial charge on any atom is -0.310 e. The molecule has 0 aliphatic heterocycles. The number of rotatable bonds is 5. The van der Waals surface area contributed by atoms with Crippen LogP contribution in [0.5, 0.6) is 0 Å². The van der Waals surface area contributed by atoms with Crippen molar-refractivity contribution < 1.29 is 4.39 Å². The topological polar surface area (TPSA) is 12.0 Å². The summed E-state index contributed by atoms with van der Waals surface area (Å²) in [6.45, 7) is 2.98. The van der Waals surface area contributed by atoms with Crippen molar-refractivity contribution in [2.45, 2.75) is 19.4 Å². The van der Waals surface area contributed by atoms with Crippen molar-refractivity contribution in [3.63, 3.8) is 0 Å². The van der Waals surface area contributed by atoms with Crippen molar-refractivity contribution in [1.82, 2.24) is 5.32 Å². The quantitative estimate of drug-likeness (QED) is 0.723. The summed E-state index contributed by atoms with van der Waals surface area (Å²) in [6, 6.07) is 13.7. The average Bonchev–Trinajstić information content (AvgIpc) is 2.42. The SMILES string of the molecule is CCNC(Cc1ccc(F)c(Br)c1)c1cccc(Br)c1. The van der Waals surface area contributed by atoms with Crippen LogP contribution in [0.15, 0.2) is 51.4 Å². The first-order chi connectivity index (χ1) is 9.60. The zero-order valence-corrected chi connectivity index (χ0v) is 14.3. The first-order valence-corrected chi connectivity index (χ1v) is 8.11. The molecule has 0 aliphatic rings. The molecule has 1 nitrogen and oxygen atoms in total. The van der Waals surface area contributed by atoms with Gasteiger partial charge in [0, 0.05) is 10.5 Å². The van der Waals surface area contributed by atoms with Gasteiger partial charge in [0.25, 0.3) is 0 Å². The van der Waals surface area contributed by atoms with E-state index in [-0.39, 0.29) is 11.9 Å². The molecule has 4 heteroatoms. The zero-order chi connectivity index (χ0) is 14.5. The molecule has 0 saturated carbocycles. The summed E-state index contributed by atoms with van der Waals surface area (Å²) in [7, 11) is 0. The molecule has 0 amide bonds. The number of benzene rings is 2. The van der Waals surface area contributed by atoms with Gasteiger partial charge in [-0.3, -0.25) is 0 Å². The Morgan fingerprint density at radius 3 is 2.60 bits per heavy atom. The molecule has 2 aromatic carbocycles. The highest BCUT2D eigenvalue weighted by Gasteiger charge is 2.12. The Morgan fingerprint density at radius 1 is 1.15 bits per heavy atom. The van der Waals surface area contributed by atoms with Crippen LogP contribution in [0, 0.1) is 5.82 Å². The van der Waals surface area contributed by atoms with Crippen LogP contribution in [-0.2, 0) is 6.42 Å². The highest BCUT2D eigenvalue weighted by molar-refractivity contribution is 9.10. The van der Waals surface area contributed by atoms with Gasteiger partial charge in [-0.25, -0.2) is 4.39 Å². The Kier molecular flexibility index (Phi) is 5.75. The number of likely N-dealkylation sites (N-methyl/N-ethyl adjacent to an activating group) is 1. The molecule has 0 bridgehead atoms. The Hall–Kier alpha value is -0.710. The fourth-order valence-electron chi connectivity index (χ4n) is 2.18. The molecule has 1 N–H and O–H groups in total. The first-order valence-electron chi connectivity index (χ1n) is 6.53. The van der Waals surface area contributed by atoms with Gasteiger partial charge in [0.15, 0.2) is 0 Å². The molecule has 106 valence electrons. The predicted molar refractivity (Wildman–Crippen MR) is 88.4 cm³/mol. The first kappa shape index (κ1) is 15.7. The van der Waals surface area contributed by atoms with Crippen molar-refractivity contribution >= 4 is 31.9 Å². The molecule has 1 atom stereocenters. The van der Waals surface area contributed by atoms with E-state index in [9.17, 15) is 4.39 Å². The summed E-state index contributed by atoms with van der Waals surface area (Å²) in [6.07, 6.45) is 0.823. The summed E-state index contributed by atoms with van der Waals surface area (Å²) in [5.41, 5.74) is 2.32. The summed E-state index contributed by atoms with van der Waals surface area (Å²) in [4.78, 5) is 0. The van der Waals surface area contributed by atoms with Crippen LogP contribution in [0.3, 0.4) is 0 Å². The lowest BCUT2D eigenvalue weighted by molar-refractivity contribution is 0.548. The van der Waals surface area contributed by atoms with Gasteiger partial charge in [-0.2, -0.15) is 0 Å². The molecule has 0 aromatic heterocycles. The smallest absolute Gasteiger partial charge is 0.137 e. The molecule has 0 aliphatic carbocycles. The van der Waals surface area contributed by atoms with Crippen LogP contribution in [0.25, 0.3) is 0 Å². The van der Waals surface area contributed by atoms with Gasteiger partial charge in [0.05, 0.1) is 4.47 Å². The molecule has 1 unspecified atom stereocenters. The molecule has 0 heterocycles. The zero-order valence-electron chi connectivity index (χ0n) is 11.2. The van der Waals surface area contributed by atoms with Crippen molar-refractivity contribution in [3.05, 3.63) is 68.4 Å². The van der Waals surface area contributed by atoms with Gasteiger partial charge in [0.1, 0.15) is 5.82 Å². The third kappa shape index (κ3) is 4.14. The van der Waals surface area contributed by atoms with E-state index in [1.165, 1.54) is 11.6 Å². The molecule has 20 heavy (non-hydrogen) atoms. The van der Waals surface area contributed by atoms with Gasteiger partial charge in [-0.1, -0.05) is 41.1 Å². The molecule has 2 rings (SSSR count). The maximum atomic E-state index is 13.3. The maximum absolute atomic E-state index is 13.3. The van der Waals surface area contributed by atoms with Crippen molar-refractivity contribution in [3.8, 4) is 0 Å². The molecule has 0 saturated heterocycles. The third-order valence-corrected chi connectivity index (χ3v) is 4.23. The van der Waals surface area contributed by atoms with E-state index in [1.807, 2.05) is 24.3 Å². The van der Waals surface area contributed by atoms with Crippen LogP contribution >= 0.6 is 31.9 Å². The highest BCUT2D eigenvalue weighted by atomic mass is 79.9. The molecular weight excluding hydrogens is 385 g/mol. The average molecular weight is 401 g/mol. The number of hydrogen-bond donors (Lipinski definition) is 1. The minimum atomic E-state index is -0.226. The van der Waals surface area contributed by atoms with Crippen LogP contribution in [0.2, 0.25) is 0 Å². The minimum absolute atomic E-state index is 0.217. The van der Waals surface area contributed by atoms with E-state index < -0.39 is 0 Å². The molecule has 0 spiro atoms. The van der Waals surface area contributed by atoms with Crippen molar-refractivity contribution in [2.24, 2.45) is 0 Å². The van der Waals surface area contributed by atoms with Crippen molar-refractivity contribution in [2.75, 3.05) is 6.54 Å². The second kappa shape index (κ2) is 7.34. The monoisotopic (exact) mass is 399 g/mol. The van der Waals surface area contributed by atoms with Crippen LogP contribution in [-0.4, -0.2) is 6.54 Å². The highest BCUT2D eigenvalue weighted by Crippen LogP contribution is 2.24. The normalized spacial score (nSPS) is 12.4. The summed E-state index contributed by atoms with van der Waals surface area (Å²) in [5, 5.41) is 3.48. The van der Waals surface area contributed by atoms with E-state index in [4.69, 9.17) is 0 Å². The van der Waals surface area contributed by atoms with Crippen LogP contribution in [0.4, 0.5) is 4.39 Å². The second-order valence-electron chi connectivity index (χ2n) is 4.62. The van der Waals surface area contributed by atoms with Gasteiger partial charge in [0.2, 0.25) is 0 Å². The Bertz CT molecular complexity index is 586. The second-order valence-corrected chi connectivity index (χ2v) is 6.39.